The molecule has 28 heavy (non-hydrogen) atoms. The lowest BCUT2D eigenvalue weighted by Gasteiger charge is -2.26. The molecular formula is C21H29N5O2. The number of hydrogen-bond acceptors (Lipinski definition) is 6. The Kier molecular flexibility index (Phi) is 6.95. The summed E-state index contributed by atoms with van der Waals surface area (Å²) in [5, 5.41) is 6.27. The molecular weight excluding hydrogens is 354 g/mol. The number of nitrogens with zero attached hydrogens (tertiary/aromatic N) is 3. The monoisotopic (exact) mass is 383 g/mol. The van der Waals surface area contributed by atoms with Crippen molar-refractivity contribution in [2.45, 2.75) is 27.2 Å². The largest absolute Gasteiger partial charge is 0.379 e. The first-order chi connectivity index (χ1) is 13.6. The molecule has 1 fully saturated rings. The van der Waals surface area contributed by atoms with Crippen molar-refractivity contribution in [1.82, 2.24) is 14.9 Å². The van der Waals surface area contributed by atoms with Crippen molar-refractivity contribution >= 4 is 17.5 Å². The van der Waals surface area contributed by atoms with E-state index >= 15 is 0 Å². The van der Waals surface area contributed by atoms with Gasteiger partial charge in [0.15, 0.2) is 0 Å². The van der Waals surface area contributed by atoms with Gasteiger partial charge < -0.3 is 15.4 Å². The van der Waals surface area contributed by atoms with Crippen LogP contribution in [0.2, 0.25) is 0 Å². The van der Waals surface area contributed by atoms with Crippen LogP contribution in [0.15, 0.2) is 24.3 Å². The molecule has 1 aromatic heterocycles. The third-order valence-corrected chi connectivity index (χ3v) is 4.88. The molecule has 150 valence electrons. The third-order valence-electron chi connectivity index (χ3n) is 4.88. The molecule has 7 nitrogen and oxygen atoms in total. The number of nitrogens with one attached hydrogen (secondary N) is 2. The van der Waals surface area contributed by atoms with Gasteiger partial charge in [0.1, 0.15) is 5.69 Å². The molecule has 1 aliphatic heterocycles. The molecule has 1 saturated heterocycles. The quantitative estimate of drug-likeness (QED) is 0.765. The zero-order chi connectivity index (χ0) is 19.9. The van der Waals surface area contributed by atoms with Crippen LogP contribution in [0.3, 0.4) is 0 Å². The van der Waals surface area contributed by atoms with Gasteiger partial charge in [-0.1, -0.05) is 25.1 Å². The van der Waals surface area contributed by atoms with E-state index in [9.17, 15) is 4.79 Å². The average Bonchev–Trinajstić information content (AvgIpc) is 2.70. The average molecular weight is 383 g/mol. The Morgan fingerprint density at radius 1 is 1.21 bits per heavy atom. The molecule has 0 atom stereocenters. The number of carbonyl (C=O) groups is 1. The van der Waals surface area contributed by atoms with E-state index in [0.717, 1.165) is 68.3 Å². The van der Waals surface area contributed by atoms with E-state index in [1.165, 1.54) is 0 Å². The first kappa shape index (κ1) is 20.2. The van der Waals surface area contributed by atoms with Crippen molar-refractivity contribution in [3.8, 4) is 0 Å². The summed E-state index contributed by atoms with van der Waals surface area (Å²) in [4.78, 5) is 24.0. The van der Waals surface area contributed by atoms with Gasteiger partial charge in [-0.3, -0.25) is 9.69 Å². The summed E-state index contributed by atoms with van der Waals surface area (Å²) in [7, 11) is 0. The maximum atomic E-state index is 12.8. The molecule has 1 aliphatic rings. The highest BCUT2D eigenvalue weighted by Crippen LogP contribution is 2.22. The van der Waals surface area contributed by atoms with Crippen LogP contribution in [0.4, 0.5) is 11.6 Å². The Balaban J connectivity index is 1.66. The number of ether oxygens (including phenoxy) is 1. The summed E-state index contributed by atoms with van der Waals surface area (Å²) in [6.07, 6.45) is 0.856. The first-order valence-corrected chi connectivity index (χ1v) is 9.86. The van der Waals surface area contributed by atoms with Gasteiger partial charge in [0.2, 0.25) is 5.95 Å². The van der Waals surface area contributed by atoms with Crippen LogP contribution < -0.4 is 10.6 Å². The van der Waals surface area contributed by atoms with Crippen LogP contribution in [0.5, 0.6) is 0 Å². The van der Waals surface area contributed by atoms with Crippen molar-refractivity contribution in [2.75, 3.05) is 50.0 Å². The molecule has 0 aliphatic carbocycles. The molecule has 0 bridgehead atoms. The lowest BCUT2D eigenvalue weighted by Crippen LogP contribution is -2.39. The molecule has 2 N–H and O–H groups in total. The summed E-state index contributed by atoms with van der Waals surface area (Å²) in [6.45, 7) is 11.0. The summed E-state index contributed by atoms with van der Waals surface area (Å²) in [5.41, 5.74) is 4.15. The Labute approximate surface area is 166 Å². The van der Waals surface area contributed by atoms with Crippen molar-refractivity contribution in [3.63, 3.8) is 0 Å². The molecule has 0 unspecified atom stereocenters. The Morgan fingerprint density at radius 2 is 2.00 bits per heavy atom. The second-order valence-electron chi connectivity index (χ2n) is 7.02. The van der Waals surface area contributed by atoms with E-state index in [2.05, 4.69) is 32.4 Å². The van der Waals surface area contributed by atoms with Crippen LogP contribution >= 0.6 is 0 Å². The number of amides is 1. The van der Waals surface area contributed by atoms with Crippen LogP contribution in [0.1, 0.15) is 34.2 Å². The normalized spacial score (nSPS) is 14.7. The minimum absolute atomic E-state index is 0.217. The number of carbonyl (C=O) groups excluding carboxylic acids is 1. The lowest BCUT2D eigenvalue weighted by molar-refractivity contribution is 0.0398. The van der Waals surface area contributed by atoms with Gasteiger partial charge in [-0.15, -0.1) is 0 Å². The van der Waals surface area contributed by atoms with Gasteiger partial charge in [-0.2, -0.15) is 0 Å². The smallest absolute Gasteiger partial charge is 0.274 e. The highest BCUT2D eigenvalue weighted by molar-refractivity contribution is 6.04. The number of benzene rings is 1. The molecule has 2 heterocycles. The standard InChI is InChI=1S/C21H29N5O2/c1-4-17-7-5-6-15(2)19(17)25-20(27)18-14-16(3)23-21(24-18)22-8-9-26-10-12-28-13-11-26/h5-7,14H,4,8-13H2,1-3H3,(H,25,27)(H,22,23,24). The van der Waals surface area contributed by atoms with Crippen LogP contribution in [0, 0.1) is 13.8 Å². The molecule has 1 aromatic carbocycles. The zero-order valence-electron chi connectivity index (χ0n) is 16.9. The summed E-state index contributed by atoms with van der Waals surface area (Å²) in [6, 6.07) is 7.76. The first-order valence-electron chi connectivity index (χ1n) is 9.86. The van der Waals surface area contributed by atoms with Crippen molar-refractivity contribution in [1.29, 1.82) is 0 Å². The van der Waals surface area contributed by atoms with Gasteiger partial charge in [0.05, 0.1) is 13.2 Å². The van der Waals surface area contributed by atoms with Gasteiger partial charge in [0, 0.05) is 37.6 Å². The Morgan fingerprint density at radius 3 is 2.75 bits per heavy atom. The van der Waals surface area contributed by atoms with Crippen LogP contribution in [-0.2, 0) is 11.2 Å². The van der Waals surface area contributed by atoms with E-state index in [1.807, 2.05) is 32.0 Å². The van der Waals surface area contributed by atoms with E-state index < -0.39 is 0 Å². The summed E-state index contributed by atoms with van der Waals surface area (Å²) >= 11 is 0. The molecule has 7 heteroatoms. The second kappa shape index (κ2) is 9.61. The van der Waals surface area contributed by atoms with Gasteiger partial charge >= 0.3 is 0 Å². The fourth-order valence-corrected chi connectivity index (χ4v) is 3.29. The highest BCUT2D eigenvalue weighted by atomic mass is 16.5. The van der Waals surface area contributed by atoms with E-state index in [0.29, 0.717) is 11.6 Å². The fourth-order valence-electron chi connectivity index (χ4n) is 3.29. The fraction of sp³-hybridized carbons (Fsp3) is 0.476. The van der Waals surface area contributed by atoms with E-state index in [1.54, 1.807) is 6.07 Å². The summed E-state index contributed by atoms with van der Waals surface area (Å²) in [5.74, 6) is 0.268. The van der Waals surface area contributed by atoms with Gasteiger partial charge in [-0.25, -0.2) is 9.97 Å². The third kappa shape index (κ3) is 5.27. The summed E-state index contributed by atoms with van der Waals surface area (Å²) < 4.78 is 5.36. The number of aryl methyl sites for hydroxylation is 3. The molecule has 1 amide bonds. The van der Waals surface area contributed by atoms with Crippen LogP contribution in [-0.4, -0.2) is 60.2 Å². The number of aromatic nitrogens is 2. The number of anilines is 2. The molecule has 2 aromatic rings. The van der Waals surface area contributed by atoms with Crippen molar-refractivity contribution in [2.24, 2.45) is 0 Å². The minimum atomic E-state index is -0.217. The predicted molar refractivity (Wildman–Crippen MR) is 111 cm³/mol. The van der Waals surface area contributed by atoms with E-state index in [-0.39, 0.29) is 5.91 Å². The van der Waals surface area contributed by atoms with Crippen molar-refractivity contribution in [3.05, 3.63) is 46.8 Å². The number of para-hydroxylation sites is 1. The topological polar surface area (TPSA) is 79.4 Å². The number of morpholine rings is 1. The second-order valence-corrected chi connectivity index (χ2v) is 7.02. The highest BCUT2D eigenvalue weighted by Gasteiger charge is 2.14. The SMILES string of the molecule is CCc1cccc(C)c1NC(=O)c1cc(C)nc(NCCN2CCOCC2)n1. The molecule has 0 saturated carbocycles. The van der Waals surface area contributed by atoms with Crippen LogP contribution in [0.25, 0.3) is 0 Å². The molecule has 0 spiro atoms. The van der Waals surface area contributed by atoms with Gasteiger partial charge in [0.25, 0.3) is 5.91 Å². The molecule has 3 rings (SSSR count). The van der Waals surface area contributed by atoms with E-state index in [4.69, 9.17) is 4.74 Å². The van der Waals surface area contributed by atoms with Gasteiger partial charge in [-0.05, 0) is 37.5 Å². The Bertz CT molecular complexity index is 818. The molecule has 0 radical (unpaired) electrons. The maximum Gasteiger partial charge on any atom is 0.274 e. The zero-order valence-corrected chi connectivity index (χ0v) is 16.9. The number of hydrogen-bond donors (Lipinski definition) is 2. The Hall–Kier alpha value is -2.51. The van der Waals surface area contributed by atoms with Crippen molar-refractivity contribution < 1.29 is 9.53 Å². The lowest BCUT2D eigenvalue weighted by atomic mass is 10.1. The number of rotatable bonds is 7. The minimum Gasteiger partial charge on any atom is -0.379 e. The maximum absolute atomic E-state index is 12.8. The predicted octanol–water partition coefficient (Wildman–Crippen LogP) is 2.65.